The molecule has 5 heteroatoms. The van der Waals surface area contributed by atoms with Gasteiger partial charge in [0.05, 0.1) is 6.61 Å². The van der Waals surface area contributed by atoms with Gasteiger partial charge in [-0.25, -0.2) is 4.98 Å². The molecule has 0 aliphatic carbocycles. The molecular weight excluding hydrogens is 248 g/mol. The van der Waals surface area contributed by atoms with Gasteiger partial charge in [0.2, 0.25) is 0 Å². The smallest absolute Gasteiger partial charge is 0.273 e. The maximum atomic E-state index is 5.36. The average Bonchev–Trinajstić information content (AvgIpc) is 2.84. The molecule has 1 aliphatic heterocycles. The second-order valence-corrected chi connectivity index (χ2v) is 5.62. The molecule has 0 unspecified atom stereocenters. The molecule has 0 radical (unpaired) electrons. The Morgan fingerprint density at radius 3 is 3.11 bits per heavy atom. The molecule has 4 nitrogen and oxygen atoms in total. The monoisotopic (exact) mass is 270 g/mol. The van der Waals surface area contributed by atoms with Crippen LogP contribution in [0.4, 0.5) is 0 Å². The number of aromatic nitrogens is 1. The summed E-state index contributed by atoms with van der Waals surface area (Å²) in [4.78, 5) is 5.46. The van der Waals surface area contributed by atoms with Crippen LogP contribution in [0, 0.1) is 5.92 Å². The lowest BCUT2D eigenvalue weighted by molar-refractivity contribution is 0.0639. The van der Waals surface area contributed by atoms with Gasteiger partial charge in [0.15, 0.2) is 0 Å². The number of nitrogens with zero attached hydrogens (tertiary/aromatic N) is 1. The van der Waals surface area contributed by atoms with Gasteiger partial charge in [-0.2, -0.15) is 0 Å². The Morgan fingerprint density at radius 2 is 2.33 bits per heavy atom. The molecule has 18 heavy (non-hydrogen) atoms. The van der Waals surface area contributed by atoms with Crippen LogP contribution in [0.3, 0.4) is 0 Å². The summed E-state index contributed by atoms with van der Waals surface area (Å²) in [5.41, 5.74) is 0. The minimum absolute atomic E-state index is 0.685. The van der Waals surface area contributed by atoms with E-state index in [-0.39, 0.29) is 0 Å². The summed E-state index contributed by atoms with van der Waals surface area (Å²) in [6.07, 6.45) is 5.59. The molecule has 1 fully saturated rings. The second kappa shape index (κ2) is 7.71. The standard InChI is InChI=1S/C13H22N2O2S/c1-2-17-13-15-10-12(18-13)9-14-6-3-11-4-7-16-8-5-11/h10-11,14H,2-9H2,1H3. The average molecular weight is 270 g/mol. The Kier molecular flexibility index (Phi) is 5.90. The van der Waals surface area contributed by atoms with Crippen molar-refractivity contribution in [1.82, 2.24) is 10.3 Å². The van der Waals surface area contributed by atoms with Crippen LogP contribution in [0.15, 0.2) is 6.20 Å². The van der Waals surface area contributed by atoms with Crippen LogP contribution in [0.2, 0.25) is 0 Å². The van der Waals surface area contributed by atoms with Gasteiger partial charge in [0.1, 0.15) is 0 Å². The van der Waals surface area contributed by atoms with Crippen molar-refractivity contribution in [1.29, 1.82) is 0 Å². The highest BCUT2D eigenvalue weighted by Gasteiger charge is 2.12. The van der Waals surface area contributed by atoms with Gasteiger partial charge in [0.25, 0.3) is 5.19 Å². The fraction of sp³-hybridized carbons (Fsp3) is 0.769. The van der Waals surface area contributed by atoms with Crippen molar-refractivity contribution in [2.24, 2.45) is 5.92 Å². The molecule has 0 amide bonds. The zero-order chi connectivity index (χ0) is 12.6. The Morgan fingerprint density at radius 1 is 1.50 bits per heavy atom. The SMILES string of the molecule is CCOc1ncc(CNCCC2CCOCC2)s1. The predicted octanol–water partition coefficient (Wildman–Crippen LogP) is 2.45. The van der Waals surface area contributed by atoms with Crippen molar-refractivity contribution in [3.8, 4) is 5.19 Å². The van der Waals surface area contributed by atoms with Crippen molar-refractivity contribution >= 4 is 11.3 Å². The van der Waals surface area contributed by atoms with E-state index >= 15 is 0 Å². The molecule has 0 bridgehead atoms. The Labute approximate surface area is 113 Å². The molecule has 102 valence electrons. The van der Waals surface area contributed by atoms with E-state index in [4.69, 9.17) is 9.47 Å². The Bertz CT molecular complexity index is 337. The van der Waals surface area contributed by atoms with Gasteiger partial charge in [0, 0.05) is 30.8 Å². The van der Waals surface area contributed by atoms with Crippen molar-refractivity contribution in [2.45, 2.75) is 32.7 Å². The first-order chi connectivity index (χ1) is 8.88. The van der Waals surface area contributed by atoms with Crippen LogP contribution >= 0.6 is 11.3 Å². The zero-order valence-electron chi connectivity index (χ0n) is 11.0. The maximum Gasteiger partial charge on any atom is 0.273 e. The van der Waals surface area contributed by atoms with Crippen molar-refractivity contribution in [2.75, 3.05) is 26.4 Å². The molecular formula is C13H22N2O2S. The minimum atomic E-state index is 0.685. The number of hydrogen-bond acceptors (Lipinski definition) is 5. The lowest BCUT2D eigenvalue weighted by atomic mass is 9.97. The molecule has 1 aliphatic rings. The fourth-order valence-corrected chi connectivity index (χ4v) is 2.90. The van der Waals surface area contributed by atoms with E-state index in [1.807, 2.05) is 13.1 Å². The van der Waals surface area contributed by atoms with Crippen LogP contribution in [-0.2, 0) is 11.3 Å². The third-order valence-electron chi connectivity index (χ3n) is 3.17. The van der Waals surface area contributed by atoms with Gasteiger partial charge >= 0.3 is 0 Å². The summed E-state index contributed by atoms with van der Waals surface area (Å²) in [5, 5.41) is 4.26. The summed E-state index contributed by atoms with van der Waals surface area (Å²) in [6, 6.07) is 0. The third kappa shape index (κ3) is 4.55. The van der Waals surface area contributed by atoms with Gasteiger partial charge < -0.3 is 14.8 Å². The highest BCUT2D eigenvalue weighted by molar-refractivity contribution is 7.13. The van der Waals surface area contributed by atoms with E-state index < -0.39 is 0 Å². The molecule has 1 aromatic heterocycles. The summed E-state index contributed by atoms with van der Waals surface area (Å²) < 4.78 is 10.7. The van der Waals surface area contributed by atoms with E-state index in [1.54, 1.807) is 11.3 Å². The zero-order valence-corrected chi connectivity index (χ0v) is 11.8. The third-order valence-corrected chi connectivity index (χ3v) is 4.08. The lowest BCUT2D eigenvalue weighted by Crippen LogP contribution is -2.21. The largest absolute Gasteiger partial charge is 0.470 e. The molecule has 0 saturated carbocycles. The molecule has 1 N–H and O–H groups in total. The van der Waals surface area contributed by atoms with Gasteiger partial charge in [-0.05, 0) is 38.6 Å². The molecule has 0 atom stereocenters. The van der Waals surface area contributed by atoms with Crippen LogP contribution in [-0.4, -0.2) is 31.3 Å². The number of thiazole rings is 1. The van der Waals surface area contributed by atoms with E-state index in [1.165, 1.54) is 24.1 Å². The first-order valence-electron chi connectivity index (χ1n) is 6.74. The van der Waals surface area contributed by atoms with E-state index in [0.717, 1.165) is 37.4 Å². The molecule has 2 rings (SSSR count). The number of hydrogen-bond donors (Lipinski definition) is 1. The van der Waals surface area contributed by atoms with Crippen molar-refractivity contribution < 1.29 is 9.47 Å². The molecule has 1 saturated heterocycles. The van der Waals surface area contributed by atoms with Crippen molar-refractivity contribution in [3.63, 3.8) is 0 Å². The fourth-order valence-electron chi connectivity index (χ4n) is 2.11. The highest BCUT2D eigenvalue weighted by Crippen LogP contribution is 2.20. The highest BCUT2D eigenvalue weighted by atomic mass is 32.1. The lowest BCUT2D eigenvalue weighted by Gasteiger charge is -2.21. The number of nitrogens with one attached hydrogen (secondary N) is 1. The Hall–Kier alpha value is -0.650. The van der Waals surface area contributed by atoms with Crippen LogP contribution in [0.1, 0.15) is 31.1 Å². The van der Waals surface area contributed by atoms with Crippen molar-refractivity contribution in [3.05, 3.63) is 11.1 Å². The summed E-state index contributed by atoms with van der Waals surface area (Å²) >= 11 is 1.63. The van der Waals surface area contributed by atoms with Crippen LogP contribution in [0.25, 0.3) is 0 Å². The number of rotatable bonds is 7. The first kappa shape index (κ1) is 13.8. The van der Waals surface area contributed by atoms with Gasteiger partial charge in [-0.1, -0.05) is 11.3 Å². The molecule has 1 aromatic rings. The van der Waals surface area contributed by atoms with E-state index in [9.17, 15) is 0 Å². The molecule has 0 aromatic carbocycles. The maximum absolute atomic E-state index is 5.36. The second-order valence-electron chi connectivity index (χ2n) is 4.55. The summed E-state index contributed by atoms with van der Waals surface area (Å²) in [7, 11) is 0. The minimum Gasteiger partial charge on any atom is -0.470 e. The van der Waals surface area contributed by atoms with Gasteiger partial charge in [-0.3, -0.25) is 0 Å². The topological polar surface area (TPSA) is 43.4 Å². The summed E-state index contributed by atoms with van der Waals surface area (Å²) in [5.74, 6) is 0.840. The molecule has 0 spiro atoms. The summed E-state index contributed by atoms with van der Waals surface area (Å²) in [6.45, 7) is 6.52. The normalized spacial score (nSPS) is 16.9. The van der Waals surface area contributed by atoms with Crippen LogP contribution in [0.5, 0.6) is 5.19 Å². The predicted molar refractivity (Wildman–Crippen MR) is 73.1 cm³/mol. The van der Waals surface area contributed by atoms with E-state index in [0.29, 0.717) is 6.61 Å². The van der Waals surface area contributed by atoms with Gasteiger partial charge in [-0.15, -0.1) is 0 Å². The van der Waals surface area contributed by atoms with E-state index in [2.05, 4.69) is 10.3 Å². The molecule has 2 heterocycles. The quantitative estimate of drug-likeness (QED) is 0.773. The number of ether oxygens (including phenoxy) is 2. The Balaban J connectivity index is 1.59. The van der Waals surface area contributed by atoms with Crippen LogP contribution < -0.4 is 10.1 Å². The first-order valence-corrected chi connectivity index (χ1v) is 7.56.